The first-order chi connectivity index (χ1) is 13.1. The molecule has 27 heavy (non-hydrogen) atoms. The summed E-state index contributed by atoms with van der Waals surface area (Å²) in [7, 11) is 1.64. The standard InChI is InChI=1S/C19H18N6OS/c1-11-4-3-5-12(8-11)23-17-16(20)18(22-10-21-17)25-19-24-14-7-6-13(26-2)9-15(14)27-19/h3-10H,20H2,1-2H3,(H2,21,22,23,24,25). The lowest BCUT2D eigenvalue weighted by atomic mass is 10.2. The van der Waals surface area contributed by atoms with E-state index in [0.29, 0.717) is 22.5 Å². The van der Waals surface area contributed by atoms with Crippen LogP contribution in [0.15, 0.2) is 48.8 Å². The van der Waals surface area contributed by atoms with Gasteiger partial charge in [0.15, 0.2) is 16.8 Å². The maximum absolute atomic E-state index is 6.26. The fraction of sp³-hybridized carbons (Fsp3) is 0.105. The number of ether oxygens (including phenoxy) is 1. The summed E-state index contributed by atoms with van der Waals surface area (Å²) in [5.74, 6) is 1.84. The number of aryl methyl sites for hydroxylation is 1. The molecule has 0 aliphatic rings. The van der Waals surface area contributed by atoms with Crippen molar-refractivity contribution < 1.29 is 4.74 Å². The van der Waals surface area contributed by atoms with Crippen LogP contribution in [0.2, 0.25) is 0 Å². The van der Waals surface area contributed by atoms with Crippen molar-refractivity contribution in [3.63, 3.8) is 0 Å². The summed E-state index contributed by atoms with van der Waals surface area (Å²) in [6, 6.07) is 13.7. The molecule has 4 N–H and O–H groups in total. The van der Waals surface area contributed by atoms with E-state index in [0.717, 1.165) is 27.2 Å². The van der Waals surface area contributed by atoms with Gasteiger partial charge in [0.05, 0.1) is 17.3 Å². The van der Waals surface area contributed by atoms with Crippen LogP contribution in [-0.4, -0.2) is 22.1 Å². The van der Waals surface area contributed by atoms with E-state index in [1.165, 1.54) is 17.7 Å². The van der Waals surface area contributed by atoms with Gasteiger partial charge in [-0.3, -0.25) is 0 Å². The highest BCUT2D eigenvalue weighted by Crippen LogP contribution is 2.33. The van der Waals surface area contributed by atoms with E-state index < -0.39 is 0 Å². The van der Waals surface area contributed by atoms with Crippen molar-refractivity contribution in [3.8, 4) is 5.75 Å². The minimum Gasteiger partial charge on any atom is -0.497 e. The molecular weight excluding hydrogens is 360 g/mol. The Morgan fingerprint density at radius 3 is 2.63 bits per heavy atom. The zero-order valence-electron chi connectivity index (χ0n) is 14.9. The third-order valence-corrected chi connectivity index (χ3v) is 4.92. The molecule has 0 atom stereocenters. The molecule has 4 rings (SSSR count). The Kier molecular flexibility index (Phi) is 4.47. The Bertz CT molecular complexity index is 1110. The van der Waals surface area contributed by atoms with Gasteiger partial charge < -0.3 is 21.1 Å². The lowest BCUT2D eigenvalue weighted by Crippen LogP contribution is -2.05. The number of fused-ring (bicyclic) bond motifs is 1. The molecule has 2 heterocycles. The van der Waals surface area contributed by atoms with Gasteiger partial charge in [-0.05, 0) is 42.8 Å². The Morgan fingerprint density at radius 1 is 1.04 bits per heavy atom. The van der Waals surface area contributed by atoms with E-state index in [1.54, 1.807) is 7.11 Å². The molecule has 136 valence electrons. The molecule has 0 radical (unpaired) electrons. The van der Waals surface area contributed by atoms with Crippen LogP contribution < -0.4 is 21.1 Å². The molecule has 8 heteroatoms. The molecule has 0 bridgehead atoms. The van der Waals surface area contributed by atoms with Crippen molar-refractivity contribution in [1.82, 2.24) is 15.0 Å². The third kappa shape index (κ3) is 3.61. The quantitative estimate of drug-likeness (QED) is 0.471. The minimum atomic E-state index is 0.427. The van der Waals surface area contributed by atoms with Crippen LogP contribution in [0.25, 0.3) is 10.2 Å². The Hall–Kier alpha value is -3.39. The van der Waals surface area contributed by atoms with Gasteiger partial charge in [-0.1, -0.05) is 23.5 Å². The zero-order valence-corrected chi connectivity index (χ0v) is 15.7. The highest BCUT2D eigenvalue weighted by atomic mass is 32.1. The van der Waals surface area contributed by atoms with E-state index >= 15 is 0 Å². The second-order valence-corrected chi connectivity index (χ2v) is 6.99. The highest BCUT2D eigenvalue weighted by molar-refractivity contribution is 7.22. The molecule has 0 unspecified atom stereocenters. The second-order valence-electron chi connectivity index (χ2n) is 5.96. The summed E-state index contributed by atoms with van der Waals surface area (Å²) in [6.07, 6.45) is 1.47. The molecule has 0 aliphatic heterocycles. The van der Waals surface area contributed by atoms with Gasteiger partial charge in [0.2, 0.25) is 0 Å². The number of nitrogens with one attached hydrogen (secondary N) is 2. The molecule has 0 aliphatic carbocycles. The number of methoxy groups -OCH3 is 1. The molecule has 2 aromatic carbocycles. The van der Waals surface area contributed by atoms with Gasteiger partial charge in [-0.25, -0.2) is 15.0 Å². The summed E-state index contributed by atoms with van der Waals surface area (Å²) < 4.78 is 6.28. The van der Waals surface area contributed by atoms with Crippen LogP contribution in [0.5, 0.6) is 5.75 Å². The second kappa shape index (κ2) is 7.08. The van der Waals surface area contributed by atoms with E-state index in [1.807, 2.05) is 49.4 Å². The molecule has 0 saturated heterocycles. The molecule has 0 amide bonds. The molecule has 4 aromatic rings. The minimum absolute atomic E-state index is 0.427. The highest BCUT2D eigenvalue weighted by Gasteiger charge is 2.12. The lowest BCUT2D eigenvalue weighted by molar-refractivity contribution is 0.415. The molecule has 2 aromatic heterocycles. The monoisotopic (exact) mass is 378 g/mol. The van der Waals surface area contributed by atoms with E-state index in [-0.39, 0.29) is 0 Å². The van der Waals surface area contributed by atoms with Crippen molar-refractivity contribution in [1.29, 1.82) is 0 Å². The molecule has 7 nitrogen and oxygen atoms in total. The van der Waals surface area contributed by atoms with Crippen LogP contribution in [0.1, 0.15) is 5.56 Å². The number of anilines is 5. The van der Waals surface area contributed by atoms with Crippen LogP contribution in [0.4, 0.5) is 28.1 Å². The smallest absolute Gasteiger partial charge is 0.189 e. The van der Waals surface area contributed by atoms with Crippen LogP contribution in [-0.2, 0) is 0 Å². The van der Waals surface area contributed by atoms with Crippen molar-refractivity contribution in [2.45, 2.75) is 6.92 Å². The number of rotatable bonds is 5. The van der Waals surface area contributed by atoms with Gasteiger partial charge in [-0.15, -0.1) is 0 Å². The summed E-state index contributed by atoms with van der Waals surface area (Å²) in [5, 5.41) is 7.12. The fourth-order valence-corrected chi connectivity index (χ4v) is 3.53. The number of thiazole rings is 1. The Morgan fingerprint density at radius 2 is 1.85 bits per heavy atom. The zero-order chi connectivity index (χ0) is 18.8. The fourth-order valence-electron chi connectivity index (χ4n) is 2.64. The summed E-state index contributed by atoms with van der Waals surface area (Å²) >= 11 is 1.50. The third-order valence-electron chi connectivity index (χ3n) is 3.99. The molecule has 0 fully saturated rings. The number of hydrogen-bond acceptors (Lipinski definition) is 8. The Balaban J connectivity index is 1.61. The van der Waals surface area contributed by atoms with Gasteiger partial charge in [0, 0.05) is 5.69 Å². The van der Waals surface area contributed by atoms with E-state index in [9.17, 15) is 0 Å². The Labute approximate surface area is 160 Å². The van der Waals surface area contributed by atoms with Crippen LogP contribution in [0.3, 0.4) is 0 Å². The maximum atomic E-state index is 6.26. The average Bonchev–Trinajstić information content (AvgIpc) is 3.06. The first-order valence-electron chi connectivity index (χ1n) is 8.28. The van der Waals surface area contributed by atoms with Crippen LogP contribution in [0, 0.1) is 6.92 Å². The maximum Gasteiger partial charge on any atom is 0.189 e. The van der Waals surface area contributed by atoms with Crippen LogP contribution >= 0.6 is 11.3 Å². The summed E-state index contributed by atoms with van der Waals surface area (Å²) in [4.78, 5) is 13.1. The summed E-state index contributed by atoms with van der Waals surface area (Å²) in [6.45, 7) is 2.03. The van der Waals surface area contributed by atoms with Gasteiger partial charge in [0.25, 0.3) is 0 Å². The van der Waals surface area contributed by atoms with Gasteiger partial charge in [0.1, 0.15) is 17.8 Å². The van der Waals surface area contributed by atoms with Crippen molar-refractivity contribution in [3.05, 3.63) is 54.4 Å². The van der Waals surface area contributed by atoms with Gasteiger partial charge >= 0.3 is 0 Å². The van der Waals surface area contributed by atoms with E-state index in [2.05, 4.69) is 25.6 Å². The normalized spacial score (nSPS) is 10.7. The first kappa shape index (κ1) is 17.0. The number of hydrogen-bond donors (Lipinski definition) is 3. The number of nitrogens with two attached hydrogens (primary N) is 1. The predicted octanol–water partition coefficient (Wildman–Crippen LogP) is 4.47. The lowest BCUT2D eigenvalue weighted by Gasteiger charge is -2.11. The molecule has 0 spiro atoms. The molecule has 0 saturated carbocycles. The largest absolute Gasteiger partial charge is 0.497 e. The van der Waals surface area contributed by atoms with E-state index in [4.69, 9.17) is 10.5 Å². The topological polar surface area (TPSA) is 98.0 Å². The van der Waals surface area contributed by atoms with Crippen molar-refractivity contribution in [2.75, 3.05) is 23.5 Å². The number of nitrogens with zero attached hydrogens (tertiary/aromatic N) is 3. The summed E-state index contributed by atoms with van der Waals surface area (Å²) in [5.41, 5.74) is 9.64. The first-order valence-corrected chi connectivity index (χ1v) is 9.10. The average molecular weight is 378 g/mol. The SMILES string of the molecule is COc1ccc2nc(Nc3ncnc(Nc4cccc(C)c4)c3N)sc2c1. The number of nitrogen functional groups attached to an aromatic ring is 1. The number of benzene rings is 2. The van der Waals surface area contributed by atoms with Gasteiger partial charge in [-0.2, -0.15) is 0 Å². The predicted molar refractivity (Wildman–Crippen MR) is 110 cm³/mol. The van der Waals surface area contributed by atoms with Crippen molar-refractivity contribution >= 4 is 49.7 Å². The molecular formula is C19H18N6OS. The number of aromatic nitrogens is 3. The van der Waals surface area contributed by atoms with Crippen molar-refractivity contribution in [2.24, 2.45) is 0 Å².